The maximum atomic E-state index is 17.5. The quantitative estimate of drug-likeness (QED) is 0.648. The number of fused-ring (bicyclic) bond motifs is 7. The number of aliphatic carboxylic acids is 1. The molecular formula is C27H31F2NO6. The van der Waals surface area contributed by atoms with Crippen LogP contribution >= 0.6 is 0 Å². The average molecular weight is 504 g/mol. The molecule has 7 nitrogen and oxygen atoms in total. The Morgan fingerprint density at radius 2 is 2.03 bits per heavy atom. The second kappa shape index (κ2) is 7.14. The molecule has 2 N–H and O–H groups in total. The van der Waals surface area contributed by atoms with Gasteiger partial charge in [-0.25, -0.2) is 13.6 Å². The Kier molecular flexibility index (Phi) is 4.76. The Bertz CT molecular complexity index is 1200. The van der Waals surface area contributed by atoms with E-state index in [0.717, 1.165) is 11.6 Å². The third-order valence-corrected chi connectivity index (χ3v) is 10.7. The van der Waals surface area contributed by atoms with Crippen LogP contribution in [-0.2, 0) is 21.0 Å². The van der Waals surface area contributed by atoms with Gasteiger partial charge in [0.25, 0.3) is 0 Å². The van der Waals surface area contributed by atoms with Crippen molar-refractivity contribution in [2.75, 3.05) is 6.54 Å². The third-order valence-electron chi connectivity index (χ3n) is 10.7. The van der Waals surface area contributed by atoms with E-state index in [1.165, 1.54) is 18.4 Å². The van der Waals surface area contributed by atoms with E-state index in [1.54, 1.807) is 31.2 Å². The molecule has 0 amide bonds. The van der Waals surface area contributed by atoms with Crippen LogP contribution in [0.15, 0.2) is 46.8 Å². The summed E-state index contributed by atoms with van der Waals surface area (Å²) in [5.41, 5.74) is -6.79. The number of hydroxylamine groups is 2. The van der Waals surface area contributed by atoms with Gasteiger partial charge >= 0.3 is 5.97 Å². The van der Waals surface area contributed by atoms with Crippen LogP contribution in [0.2, 0.25) is 0 Å². The summed E-state index contributed by atoms with van der Waals surface area (Å²) in [5.74, 6) is -3.03. The lowest BCUT2D eigenvalue weighted by molar-refractivity contribution is -0.294. The van der Waals surface area contributed by atoms with Gasteiger partial charge in [0.15, 0.2) is 17.1 Å². The summed E-state index contributed by atoms with van der Waals surface area (Å²) in [5, 5.41) is 23.7. The molecule has 0 bridgehead atoms. The molecular weight excluding hydrogens is 472 g/mol. The first-order valence-electron chi connectivity index (χ1n) is 12.5. The smallest absolute Gasteiger partial charge is 0.339 e. The molecule has 1 aliphatic heterocycles. The normalized spacial score (nSPS) is 49.7. The number of hydrogen-bond acceptors (Lipinski definition) is 6. The number of furan rings is 1. The van der Waals surface area contributed by atoms with Gasteiger partial charge in [-0.2, -0.15) is 5.06 Å². The molecule has 9 atom stereocenters. The van der Waals surface area contributed by atoms with Crippen LogP contribution in [0, 0.1) is 28.1 Å². The molecule has 1 saturated heterocycles. The molecule has 1 aromatic heterocycles. The van der Waals surface area contributed by atoms with Crippen LogP contribution in [0.1, 0.15) is 45.6 Å². The molecule has 0 aromatic carbocycles. The van der Waals surface area contributed by atoms with E-state index in [9.17, 15) is 19.8 Å². The number of hydrogen-bond donors (Lipinski definition) is 2. The van der Waals surface area contributed by atoms with Gasteiger partial charge in [-0.05, 0) is 55.4 Å². The monoisotopic (exact) mass is 503 g/mol. The van der Waals surface area contributed by atoms with Crippen molar-refractivity contribution in [2.24, 2.45) is 28.1 Å². The second-order valence-corrected chi connectivity index (χ2v) is 12.0. The Morgan fingerprint density at radius 1 is 1.28 bits per heavy atom. The summed E-state index contributed by atoms with van der Waals surface area (Å²) >= 11 is 0. The molecule has 3 saturated carbocycles. The maximum Gasteiger partial charge on any atom is 0.339 e. The van der Waals surface area contributed by atoms with Crippen LogP contribution < -0.4 is 0 Å². The Hall–Kier alpha value is -2.36. The molecule has 1 aromatic rings. The first-order chi connectivity index (χ1) is 16.8. The number of nitrogens with zero attached hydrogens (tertiary/aromatic N) is 1. The number of halogens is 2. The number of alkyl halides is 2. The molecule has 36 heavy (non-hydrogen) atoms. The fourth-order valence-corrected chi connectivity index (χ4v) is 8.82. The van der Waals surface area contributed by atoms with Gasteiger partial charge in [0.1, 0.15) is 6.17 Å². The molecule has 9 heteroatoms. The van der Waals surface area contributed by atoms with Gasteiger partial charge in [-0.1, -0.05) is 19.9 Å². The molecule has 0 spiro atoms. The molecule has 6 rings (SSSR count). The number of aliphatic hydroxyl groups excluding tert-OH is 1. The van der Waals surface area contributed by atoms with Crippen molar-refractivity contribution >= 4 is 11.8 Å². The van der Waals surface area contributed by atoms with E-state index in [-0.39, 0.29) is 18.4 Å². The highest BCUT2D eigenvalue weighted by atomic mass is 19.1. The summed E-state index contributed by atoms with van der Waals surface area (Å²) in [6, 6.07) is 1.77. The summed E-state index contributed by atoms with van der Waals surface area (Å²) < 4.78 is 38.3. The molecule has 0 radical (unpaired) electrons. The van der Waals surface area contributed by atoms with E-state index in [2.05, 4.69) is 0 Å². The van der Waals surface area contributed by atoms with Crippen molar-refractivity contribution in [1.82, 2.24) is 5.06 Å². The van der Waals surface area contributed by atoms with Crippen LogP contribution in [0.3, 0.4) is 0 Å². The lowest BCUT2D eigenvalue weighted by atomic mass is 9.40. The predicted octanol–water partition coefficient (Wildman–Crippen LogP) is 3.79. The third kappa shape index (κ3) is 2.52. The minimum atomic E-state index is -2.28. The van der Waals surface area contributed by atoms with Gasteiger partial charge < -0.3 is 14.6 Å². The van der Waals surface area contributed by atoms with Crippen molar-refractivity contribution < 1.29 is 37.8 Å². The Balaban J connectivity index is 1.45. The minimum absolute atomic E-state index is 0.0497. The second-order valence-electron chi connectivity index (χ2n) is 12.0. The summed E-state index contributed by atoms with van der Waals surface area (Å²) in [7, 11) is 0. The zero-order valence-electron chi connectivity index (χ0n) is 20.5. The van der Waals surface area contributed by atoms with Crippen molar-refractivity contribution in [3.8, 4) is 0 Å². The van der Waals surface area contributed by atoms with Crippen LogP contribution in [0.25, 0.3) is 0 Å². The molecule has 194 valence electrons. The number of aliphatic hydroxyl groups is 1. The van der Waals surface area contributed by atoms with E-state index in [0.29, 0.717) is 19.5 Å². The summed E-state index contributed by atoms with van der Waals surface area (Å²) in [6.07, 6.45) is 3.63. The van der Waals surface area contributed by atoms with Crippen LogP contribution in [-0.4, -0.2) is 57.1 Å². The SMILES string of the molecule is C[C@]12C[C@H](O)[C@@]3(F)[C@@H](C[C@H](F)C4=CC(=O)C=C[C@@]43C)[C@]1(C)C[C@H]1CN(Cc3ccoc3)O[C@]12C(=O)O. The first kappa shape index (κ1) is 24.0. The number of carboxylic acids is 1. The topological polar surface area (TPSA) is 100 Å². The number of rotatable bonds is 3. The predicted molar refractivity (Wildman–Crippen MR) is 123 cm³/mol. The van der Waals surface area contributed by atoms with E-state index >= 15 is 8.78 Å². The van der Waals surface area contributed by atoms with Gasteiger partial charge in [-0.15, -0.1) is 0 Å². The number of ketones is 1. The van der Waals surface area contributed by atoms with Crippen molar-refractivity contribution in [1.29, 1.82) is 0 Å². The number of carboxylic acid groups (broad SMARTS) is 1. The zero-order chi connectivity index (χ0) is 25.9. The first-order valence-corrected chi connectivity index (χ1v) is 12.5. The number of carbonyl (C=O) groups excluding carboxylic acids is 1. The minimum Gasteiger partial charge on any atom is -0.479 e. The standard InChI is InChI=1S/C27H31F2NO6/c1-23-6-4-17(31)8-18(23)19(28)9-20-24(2)10-16-13-30(12-15-5-7-35-14-15)36-27(16,22(33)34)25(24,3)11-21(32)26(20,23)29/h4-8,14,16,19-21,32H,9-13H2,1-3H3,(H,33,34)/t16-,19-,20-,21-,23-,24-,25-,26-,27-/m0/s1. The van der Waals surface area contributed by atoms with Gasteiger partial charge in [0.05, 0.1) is 25.2 Å². The number of allylic oxidation sites excluding steroid dienone is 4. The van der Waals surface area contributed by atoms with E-state index in [1.807, 2.05) is 6.92 Å². The van der Waals surface area contributed by atoms with Gasteiger partial charge in [0, 0.05) is 34.8 Å². The van der Waals surface area contributed by atoms with Gasteiger partial charge in [-0.3, -0.25) is 9.63 Å². The fraction of sp³-hybridized carbons (Fsp3) is 0.630. The van der Waals surface area contributed by atoms with E-state index in [4.69, 9.17) is 9.25 Å². The Morgan fingerprint density at radius 3 is 2.69 bits per heavy atom. The lowest BCUT2D eigenvalue weighted by Crippen LogP contribution is -2.73. The zero-order valence-corrected chi connectivity index (χ0v) is 20.5. The maximum absolute atomic E-state index is 17.5. The highest BCUT2D eigenvalue weighted by Gasteiger charge is 2.83. The highest BCUT2D eigenvalue weighted by molar-refractivity contribution is 6.01. The van der Waals surface area contributed by atoms with Crippen molar-refractivity contribution in [3.63, 3.8) is 0 Å². The Labute approximate surface area is 207 Å². The van der Waals surface area contributed by atoms with Crippen molar-refractivity contribution in [2.45, 2.75) is 70.1 Å². The fourth-order valence-electron chi connectivity index (χ4n) is 8.82. The van der Waals surface area contributed by atoms with Crippen molar-refractivity contribution in [3.05, 3.63) is 48.0 Å². The van der Waals surface area contributed by atoms with Crippen LogP contribution in [0.5, 0.6) is 0 Å². The molecule has 4 aliphatic carbocycles. The summed E-state index contributed by atoms with van der Waals surface area (Å²) in [6.45, 7) is 5.77. The molecule has 2 heterocycles. The molecule has 5 aliphatic rings. The van der Waals surface area contributed by atoms with Crippen LogP contribution in [0.4, 0.5) is 8.78 Å². The molecule has 0 unspecified atom stereocenters. The molecule has 4 fully saturated rings. The summed E-state index contributed by atoms with van der Waals surface area (Å²) in [4.78, 5) is 31.3. The van der Waals surface area contributed by atoms with E-state index < -0.39 is 63.4 Å². The average Bonchev–Trinajstić information content (AvgIpc) is 3.48. The highest BCUT2D eigenvalue weighted by Crippen LogP contribution is 2.77. The largest absolute Gasteiger partial charge is 0.479 e. The lowest BCUT2D eigenvalue weighted by Gasteiger charge is -2.66. The van der Waals surface area contributed by atoms with Gasteiger partial charge in [0.2, 0.25) is 0 Å². The number of carbonyl (C=O) groups is 2.